The fourth-order valence-corrected chi connectivity index (χ4v) is 4.93. The number of benzene rings is 1. The number of nitrogens with one attached hydrogen (secondary N) is 2. The summed E-state index contributed by atoms with van der Waals surface area (Å²) in [7, 11) is 3.37. The highest BCUT2D eigenvalue weighted by atomic mass is 32.1. The van der Waals surface area contributed by atoms with Crippen LogP contribution < -0.4 is 11.1 Å². The van der Waals surface area contributed by atoms with Crippen LogP contribution in [0.25, 0.3) is 0 Å². The zero-order valence-electron chi connectivity index (χ0n) is 17.3. The standard InChI is InChI=1S/C22H27N5O2S/c1-28-16-11-14-15(12-17(16)29-2)20(23)26-18(14)19-21(24)27-22(30-19)25-10-6-9-13-7-4-3-5-8-13/h3-5,7-8,16-17,23H,6,9-12,24H2,1-2H3,(H,25,27). The van der Waals surface area contributed by atoms with E-state index >= 15 is 0 Å². The SMILES string of the molecule is COC1CC2=C(CC1OC)C(c1sc(NCCCc3ccccc3)nc1N)=NC2=N. The Morgan fingerprint density at radius 1 is 1.13 bits per heavy atom. The predicted molar refractivity (Wildman–Crippen MR) is 122 cm³/mol. The quantitative estimate of drug-likeness (QED) is 0.560. The van der Waals surface area contributed by atoms with E-state index in [2.05, 4.69) is 39.6 Å². The molecule has 2 atom stereocenters. The molecular weight excluding hydrogens is 398 g/mol. The number of aromatic nitrogens is 1. The van der Waals surface area contributed by atoms with E-state index in [0.717, 1.165) is 46.3 Å². The van der Waals surface area contributed by atoms with Crippen molar-refractivity contribution in [3.05, 3.63) is 51.9 Å². The second kappa shape index (κ2) is 9.07. The zero-order chi connectivity index (χ0) is 21.1. The Labute approximate surface area is 180 Å². The van der Waals surface area contributed by atoms with Gasteiger partial charge in [0.2, 0.25) is 0 Å². The minimum atomic E-state index is -0.0655. The van der Waals surface area contributed by atoms with Crippen molar-refractivity contribution < 1.29 is 9.47 Å². The van der Waals surface area contributed by atoms with E-state index in [9.17, 15) is 0 Å². The third kappa shape index (κ3) is 4.16. The number of ether oxygens (including phenoxy) is 2. The minimum Gasteiger partial charge on any atom is -0.382 e. The molecule has 0 radical (unpaired) electrons. The lowest BCUT2D eigenvalue weighted by Gasteiger charge is -2.30. The zero-order valence-corrected chi connectivity index (χ0v) is 18.1. The van der Waals surface area contributed by atoms with Crippen LogP contribution in [0.2, 0.25) is 0 Å². The van der Waals surface area contributed by atoms with Crippen molar-refractivity contribution in [2.75, 3.05) is 31.8 Å². The summed E-state index contributed by atoms with van der Waals surface area (Å²) >= 11 is 1.50. The Morgan fingerprint density at radius 2 is 1.83 bits per heavy atom. The summed E-state index contributed by atoms with van der Waals surface area (Å²) < 4.78 is 11.2. The van der Waals surface area contributed by atoms with Crippen molar-refractivity contribution >= 4 is 33.8 Å². The second-order valence-corrected chi connectivity index (χ2v) is 8.47. The van der Waals surface area contributed by atoms with Crippen molar-refractivity contribution in [1.29, 1.82) is 5.41 Å². The minimum absolute atomic E-state index is 0.0606. The topological polar surface area (TPSA) is 106 Å². The first-order chi connectivity index (χ1) is 14.6. The highest BCUT2D eigenvalue weighted by Gasteiger charge is 2.38. The van der Waals surface area contributed by atoms with Gasteiger partial charge in [0.1, 0.15) is 11.7 Å². The number of rotatable bonds is 8. The summed E-state index contributed by atoms with van der Waals surface area (Å²) in [6.45, 7) is 0.818. The van der Waals surface area contributed by atoms with E-state index in [4.69, 9.17) is 20.6 Å². The maximum Gasteiger partial charge on any atom is 0.185 e. The normalized spacial score (nSPS) is 21.0. The Bertz CT molecular complexity index is 983. The number of hydrogen-bond acceptors (Lipinski definition) is 7. The van der Waals surface area contributed by atoms with Crippen LogP contribution >= 0.6 is 11.3 Å². The van der Waals surface area contributed by atoms with Crippen molar-refractivity contribution in [2.45, 2.75) is 37.9 Å². The van der Waals surface area contributed by atoms with Gasteiger partial charge in [0.15, 0.2) is 5.13 Å². The summed E-state index contributed by atoms with van der Waals surface area (Å²) in [5, 5.41) is 12.5. The number of nitrogen functional groups attached to an aromatic ring is 1. The predicted octanol–water partition coefficient (Wildman–Crippen LogP) is 3.67. The molecule has 0 amide bonds. The molecule has 2 aliphatic rings. The first-order valence-electron chi connectivity index (χ1n) is 10.1. The molecule has 8 heteroatoms. The molecule has 0 saturated heterocycles. The summed E-state index contributed by atoms with van der Waals surface area (Å²) in [6.07, 6.45) is 3.18. The molecule has 2 aromatic rings. The van der Waals surface area contributed by atoms with Gasteiger partial charge < -0.3 is 20.5 Å². The Balaban J connectivity index is 1.44. The highest BCUT2D eigenvalue weighted by Crippen LogP contribution is 2.39. The smallest absolute Gasteiger partial charge is 0.185 e. The van der Waals surface area contributed by atoms with Gasteiger partial charge in [-0.25, -0.2) is 9.98 Å². The molecule has 30 heavy (non-hydrogen) atoms. The Hall–Kier alpha value is -2.55. The summed E-state index contributed by atoms with van der Waals surface area (Å²) in [5.41, 5.74) is 10.3. The molecule has 7 nitrogen and oxygen atoms in total. The summed E-state index contributed by atoms with van der Waals surface area (Å²) in [6, 6.07) is 10.4. The number of anilines is 2. The molecule has 1 aromatic heterocycles. The third-order valence-electron chi connectivity index (χ3n) is 5.62. The fourth-order valence-electron chi connectivity index (χ4n) is 4.01. The number of methoxy groups -OCH3 is 2. The molecule has 1 aliphatic heterocycles. The second-order valence-electron chi connectivity index (χ2n) is 7.47. The number of aryl methyl sites for hydroxylation is 1. The molecule has 2 unspecified atom stereocenters. The van der Waals surface area contributed by atoms with Gasteiger partial charge in [-0.2, -0.15) is 0 Å². The van der Waals surface area contributed by atoms with Gasteiger partial charge in [0, 0.05) is 39.2 Å². The molecule has 0 fully saturated rings. The van der Waals surface area contributed by atoms with Crippen LogP contribution in [0.15, 0.2) is 46.5 Å². The summed E-state index contributed by atoms with van der Waals surface area (Å²) in [5.74, 6) is 0.746. The largest absolute Gasteiger partial charge is 0.382 e. The molecule has 0 spiro atoms. The van der Waals surface area contributed by atoms with Gasteiger partial charge in [0.25, 0.3) is 0 Å². The van der Waals surface area contributed by atoms with E-state index < -0.39 is 0 Å². The van der Waals surface area contributed by atoms with E-state index in [1.807, 2.05) is 6.07 Å². The van der Waals surface area contributed by atoms with Crippen LogP contribution in [0.3, 0.4) is 0 Å². The molecule has 0 bridgehead atoms. The van der Waals surface area contributed by atoms with Crippen molar-refractivity contribution in [1.82, 2.24) is 4.98 Å². The van der Waals surface area contributed by atoms with Gasteiger partial charge in [-0.15, -0.1) is 0 Å². The van der Waals surface area contributed by atoms with Crippen molar-refractivity contribution in [3.8, 4) is 0 Å². The van der Waals surface area contributed by atoms with Gasteiger partial charge in [-0.1, -0.05) is 41.7 Å². The third-order valence-corrected chi connectivity index (χ3v) is 6.66. The lowest BCUT2D eigenvalue weighted by molar-refractivity contribution is -0.0376. The molecule has 1 aliphatic carbocycles. The maximum absolute atomic E-state index is 8.32. The van der Waals surface area contributed by atoms with E-state index in [1.165, 1.54) is 16.9 Å². The van der Waals surface area contributed by atoms with Crippen LogP contribution in [0.5, 0.6) is 0 Å². The van der Waals surface area contributed by atoms with Crippen LogP contribution in [0.1, 0.15) is 29.7 Å². The van der Waals surface area contributed by atoms with E-state index in [1.54, 1.807) is 14.2 Å². The average molecular weight is 426 g/mol. The molecular formula is C22H27N5O2S. The molecule has 4 N–H and O–H groups in total. The van der Waals surface area contributed by atoms with E-state index in [0.29, 0.717) is 24.5 Å². The van der Waals surface area contributed by atoms with Gasteiger partial charge in [0.05, 0.1) is 22.8 Å². The average Bonchev–Trinajstić information content (AvgIpc) is 3.29. The van der Waals surface area contributed by atoms with Crippen LogP contribution in [0.4, 0.5) is 10.9 Å². The number of nitrogens with zero attached hydrogens (tertiary/aromatic N) is 2. The van der Waals surface area contributed by atoms with Crippen molar-refractivity contribution in [3.63, 3.8) is 0 Å². The Morgan fingerprint density at radius 3 is 2.53 bits per heavy atom. The van der Waals surface area contributed by atoms with Crippen LogP contribution in [-0.4, -0.2) is 49.5 Å². The molecule has 2 heterocycles. The monoisotopic (exact) mass is 425 g/mol. The number of nitrogens with two attached hydrogens (primary N) is 1. The molecule has 1 aromatic carbocycles. The molecule has 0 saturated carbocycles. The molecule has 4 rings (SSSR count). The maximum atomic E-state index is 8.32. The fraction of sp³-hybridized carbons (Fsp3) is 0.409. The van der Waals surface area contributed by atoms with Gasteiger partial charge in [-0.3, -0.25) is 5.41 Å². The number of thiazole rings is 1. The summed E-state index contributed by atoms with van der Waals surface area (Å²) in [4.78, 5) is 9.84. The van der Waals surface area contributed by atoms with Crippen LogP contribution in [-0.2, 0) is 15.9 Å². The van der Waals surface area contributed by atoms with Crippen molar-refractivity contribution in [2.24, 2.45) is 4.99 Å². The van der Waals surface area contributed by atoms with Crippen LogP contribution in [0, 0.1) is 5.41 Å². The van der Waals surface area contributed by atoms with E-state index in [-0.39, 0.29) is 12.2 Å². The molecule has 158 valence electrons. The van der Waals surface area contributed by atoms with Gasteiger partial charge in [-0.05, 0) is 24.0 Å². The first-order valence-corrected chi connectivity index (χ1v) is 10.9. The number of amidine groups is 1. The lowest BCUT2D eigenvalue weighted by Crippen LogP contribution is -2.35. The van der Waals surface area contributed by atoms with Gasteiger partial charge >= 0.3 is 0 Å². The number of hydrogen-bond donors (Lipinski definition) is 3. The first kappa shape index (κ1) is 20.7. The number of aliphatic imine (C=N–C) groups is 1. The lowest BCUT2D eigenvalue weighted by atomic mass is 9.86. The Kier molecular flexibility index (Phi) is 6.26. The highest BCUT2D eigenvalue weighted by molar-refractivity contribution is 7.18.